The van der Waals surface area contributed by atoms with E-state index in [1.54, 1.807) is 35.2 Å². The molecular weight excluding hydrogens is 252 g/mol. The first kappa shape index (κ1) is 12.4. The number of carbonyl (C=O) groups excluding carboxylic acids is 1. The molecule has 0 bridgehead atoms. The third-order valence-corrected chi connectivity index (χ3v) is 2.79. The van der Waals surface area contributed by atoms with Gasteiger partial charge in [-0.1, -0.05) is 11.6 Å². The molecule has 94 valence electrons. The van der Waals surface area contributed by atoms with E-state index in [0.717, 1.165) is 0 Å². The van der Waals surface area contributed by atoms with E-state index >= 15 is 0 Å². The number of aromatic nitrogens is 2. The minimum Gasteiger partial charge on any atom is -0.397 e. The maximum absolute atomic E-state index is 12.1. The molecule has 2 rings (SSSR count). The second-order valence-electron chi connectivity index (χ2n) is 3.73. The van der Waals surface area contributed by atoms with E-state index in [4.69, 9.17) is 17.3 Å². The molecule has 0 spiro atoms. The highest BCUT2D eigenvalue weighted by molar-refractivity contribution is 6.33. The fraction of sp³-hybridized carbons (Fsp3) is 0.167. The molecule has 1 amide bonds. The standard InChI is InChI=1S/C12H13ClN4O/c1-2-17-7-8(14)6-10(17)12(18)16-11-9(13)4-3-5-15-11/h3-7H,2,14H2,1H3,(H,15,16,18). The molecule has 0 aromatic carbocycles. The van der Waals surface area contributed by atoms with Crippen LogP contribution in [-0.4, -0.2) is 15.5 Å². The lowest BCUT2D eigenvalue weighted by Gasteiger charge is -2.07. The number of amides is 1. The number of aryl methyl sites for hydroxylation is 1. The number of pyridine rings is 1. The Bertz CT molecular complexity index is 579. The molecule has 0 fully saturated rings. The van der Waals surface area contributed by atoms with Crippen molar-refractivity contribution in [2.75, 3.05) is 11.1 Å². The third kappa shape index (κ3) is 2.46. The predicted octanol–water partition coefficient (Wildman–Crippen LogP) is 2.39. The van der Waals surface area contributed by atoms with Crippen molar-refractivity contribution in [3.63, 3.8) is 0 Å². The fourth-order valence-corrected chi connectivity index (χ4v) is 1.80. The molecule has 0 unspecified atom stereocenters. The molecule has 2 heterocycles. The Morgan fingerprint density at radius 3 is 3.06 bits per heavy atom. The monoisotopic (exact) mass is 264 g/mol. The number of anilines is 2. The Morgan fingerprint density at radius 2 is 2.39 bits per heavy atom. The molecule has 2 aromatic heterocycles. The minimum atomic E-state index is -0.283. The van der Waals surface area contributed by atoms with Crippen LogP contribution in [0.5, 0.6) is 0 Å². The van der Waals surface area contributed by atoms with E-state index < -0.39 is 0 Å². The Balaban J connectivity index is 2.25. The normalized spacial score (nSPS) is 10.3. The van der Waals surface area contributed by atoms with Gasteiger partial charge in [0.05, 0.1) is 10.7 Å². The molecule has 5 nitrogen and oxygen atoms in total. The topological polar surface area (TPSA) is 72.9 Å². The van der Waals surface area contributed by atoms with Gasteiger partial charge in [-0.3, -0.25) is 4.79 Å². The number of rotatable bonds is 3. The number of carbonyl (C=O) groups is 1. The summed E-state index contributed by atoms with van der Waals surface area (Å²) in [6.07, 6.45) is 3.28. The van der Waals surface area contributed by atoms with Gasteiger partial charge in [0.2, 0.25) is 0 Å². The molecule has 0 radical (unpaired) electrons. The first-order valence-electron chi connectivity index (χ1n) is 5.49. The summed E-state index contributed by atoms with van der Waals surface area (Å²) in [6.45, 7) is 2.60. The second kappa shape index (κ2) is 5.10. The largest absolute Gasteiger partial charge is 0.397 e. The van der Waals surface area contributed by atoms with E-state index in [1.165, 1.54) is 0 Å². The Labute approximate surface area is 110 Å². The molecule has 18 heavy (non-hydrogen) atoms. The number of nitrogen functional groups attached to an aromatic ring is 1. The third-order valence-electron chi connectivity index (χ3n) is 2.48. The van der Waals surface area contributed by atoms with Crippen LogP contribution in [0, 0.1) is 0 Å². The van der Waals surface area contributed by atoms with E-state index in [-0.39, 0.29) is 5.91 Å². The van der Waals surface area contributed by atoms with Crippen LogP contribution in [0.4, 0.5) is 11.5 Å². The summed E-state index contributed by atoms with van der Waals surface area (Å²) in [4.78, 5) is 16.1. The zero-order valence-corrected chi connectivity index (χ0v) is 10.6. The number of nitrogens with one attached hydrogen (secondary N) is 1. The van der Waals surface area contributed by atoms with Crippen molar-refractivity contribution in [3.05, 3.63) is 41.3 Å². The van der Waals surface area contributed by atoms with Gasteiger partial charge < -0.3 is 15.6 Å². The molecule has 0 aliphatic rings. The summed E-state index contributed by atoms with van der Waals surface area (Å²) < 4.78 is 1.77. The number of nitrogens with two attached hydrogens (primary N) is 1. The van der Waals surface area contributed by atoms with Crippen LogP contribution in [0.25, 0.3) is 0 Å². The van der Waals surface area contributed by atoms with Gasteiger partial charge >= 0.3 is 0 Å². The van der Waals surface area contributed by atoms with Gasteiger partial charge in [0.25, 0.3) is 5.91 Å². The first-order valence-corrected chi connectivity index (χ1v) is 5.87. The Hall–Kier alpha value is -2.01. The van der Waals surface area contributed by atoms with Crippen molar-refractivity contribution in [1.82, 2.24) is 9.55 Å². The number of halogens is 1. The Kier molecular flexibility index (Phi) is 3.53. The number of nitrogens with zero attached hydrogens (tertiary/aromatic N) is 2. The zero-order valence-electron chi connectivity index (χ0n) is 9.85. The van der Waals surface area contributed by atoms with Gasteiger partial charge in [0.15, 0.2) is 5.82 Å². The summed E-state index contributed by atoms with van der Waals surface area (Å²) in [5, 5.41) is 3.05. The van der Waals surface area contributed by atoms with Crippen LogP contribution in [0.2, 0.25) is 5.02 Å². The molecular formula is C12H13ClN4O. The lowest BCUT2D eigenvalue weighted by atomic mass is 10.3. The van der Waals surface area contributed by atoms with Crippen molar-refractivity contribution in [3.8, 4) is 0 Å². The number of hydrogen-bond donors (Lipinski definition) is 2. The van der Waals surface area contributed by atoms with Gasteiger partial charge in [0, 0.05) is 18.9 Å². The molecule has 0 aliphatic heterocycles. The molecule has 0 aliphatic carbocycles. The van der Waals surface area contributed by atoms with E-state index in [1.807, 2.05) is 6.92 Å². The van der Waals surface area contributed by atoms with Crippen LogP contribution in [0.15, 0.2) is 30.6 Å². The van der Waals surface area contributed by atoms with Gasteiger partial charge in [-0.15, -0.1) is 0 Å². The van der Waals surface area contributed by atoms with Crippen molar-refractivity contribution in [2.45, 2.75) is 13.5 Å². The molecule has 0 saturated heterocycles. The summed E-state index contributed by atoms with van der Waals surface area (Å²) >= 11 is 5.93. The lowest BCUT2D eigenvalue weighted by Crippen LogP contribution is -2.17. The average molecular weight is 265 g/mol. The highest BCUT2D eigenvalue weighted by atomic mass is 35.5. The first-order chi connectivity index (χ1) is 8.61. The lowest BCUT2D eigenvalue weighted by molar-refractivity contribution is 0.101. The highest BCUT2D eigenvalue weighted by Gasteiger charge is 2.13. The average Bonchev–Trinajstić information content (AvgIpc) is 2.73. The van der Waals surface area contributed by atoms with Crippen molar-refractivity contribution in [2.24, 2.45) is 0 Å². The van der Waals surface area contributed by atoms with Crippen molar-refractivity contribution in [1.29, 1.82) is 0 Å². The molecule has 6 heteroatoms. The quantitative estimate of drug-likeness (QED) is 0.894. The van der Waals surface area contributed by atoms with Crippen LogP contribution in [0.3, 0.4) is 0 Å². The van der Waals surface area contributed by atoms with Gasteiger partial charge in [-0.25, -0.2) is 4.98 Å². The van der Waals surface area contributed by atoms with Crippen molar-refractivity contribution >= 4 is 29.0 Å². The highest BCUT2D eigenvalue weighted by Crippen LogP contribution is 2.19. The van der Waals surface area contributed by atoms with Crippen LogP contribution in [-0.2, 0) is 6.54 Å². The SMILES string of the molecule is CCn1cc(N)cc1C(=O)Nc1ncccc1Cl. The zero-order chi connectivity index (χ0) is 13.1. The maximum Gasteiger partial charge on any atom is 0.273 e. The summed E-state index contributed by atoms with van der Waals surface area (Å²) in [7, 11) is 0. The fourth-order valence-electron chi connectivity index (χ4n) is 1.63. The minimum absolute atomic E-state index is 0.283. The van der Waals surface area contributed by atoms with Crippen LogP contribution < -0.4 is 11.1 Å². The van der Waals surface area contributed by atoms with E-state index in [9.17, 15) is 4.79 Å². The molecule has 0 atom stereocenters. The smallest absolute Gasteiger partial charge is 0.273 e. The molecule has 2 aromatic rings. The van der Waals surface area contributed by atoms with Crippen LogP contribution in [0.1, 0.15) is 17.4 Å². The summed E-state index contributed by atoms with van der Waals surface area (Å²) in [5.74, 6) is 0.0562. The Morgan fingerprint density at radius 1 is 1.61 bits per heavy atom. The molecule has 3 N–H and O–H groups in total. The maximum atomic E-state index is 12.1. The molecule has 0 saturated carbocycles. The summed E-state index contributed by atoms with van der Waals surface area (Å²) in [5.41, 5.74) is 6.71. The van der Waals surface area contributed by atoms with E-state index in [2.05, 4.69) is 10.3 Å². The second-order valence-corrected chi connectivity index (χ2v) is 4.14. The van der Waals surface area contributed by atoms with Gasteiger partial charge in [-0.05, 0) is 25.1 Å². The predicted molar refractivity (Wildman–Crippen MR) is 71.7 cm³/mol. The van der Waals surface area contributed by atoms with Gasteiger partial charge in [-0.2, -0.15) is 0 Å². The number of hydrogen-bond acceptors (Lipinski definition) is 3. The van der Waals surface area contributed by atoms with Crippen LogP contribution >= 0.6 is 11.6 Å². The van der Waals surface area contributed by atoms with Gasteiger partial charge in [0.1, 0.15) is 5.69 Å². The summed E-state index contributed by atoms with van der Waals surface area (Å²) in [6, 6.07) is 4.98. The van der Waals surface area contributed by atoms with Crippen molar-refractivity contribution < 1.29 is 4.79 Å². The van der Waals surface area contributed by atoms with E-state index in [0.29, 0.717) is 28.8 Å².